The fraction of sp³-hybridized carbons (Fsp3) is 0.667. The summed E-state index contributed by atoms with van der Waals surface area (Å²) in [5.41, 5.74) is 7.24. The van der Waals surface area contributed by atoms with Crippen LogP contribution in [0.4, 0.5) is 0 Å². The first-order valence-corrected chi connectivity index (χ1v) is 8.87. The highest BCUT2D eigenvalue weighted by Crippen LogP contribution is 2.23. The van der Waals surface area contributed by atoms with Gasteiger partial charge in [-0.25, -0.2) is 9.98 Å². The molecule has 23 heavy (non-hydrogen) atoms. The van der Waals surface area contributed by atoms with Crippen LogP contribution in [-0.2, 0) is 6.54 Å². The standard InChI is InChI=1S/C18H28N4O/c1-14-7-10-22(11-8-14)18(19)21-13-15-6-9-20-17(12-15)23-16-4-2-3-5-16/h6,9,12,14,16H,2-5,7-8,10-11,13H2,1H3,(H2,19,21). The number of aliphatic imine (C=N–C) groups is 1. The Morgan fingerprint density at radius 3 is 2.78 bits per heavy atom. The average Bonchev–Trinajstić information content (AvgIpc) is 3.07. The zero-order chi connectivity index (χ0) is 16.1. The van der Waals surface area contributed by atoms with E-state index < -0.39 is 0 Å². The van der Waals surface area contributed by atoms with Crippen LogP contribution in [0.15, 0.2) is 23.3 Å². The molecule has 2 heterocycles. The van der Waals surface area contributed by atoms with Crippen molar-refractivity contribution in [2.24, 2.45) is 16.6 Å². The molecule has 0 spiro atoms. The monoisotopic (exact) mass is 316 g/mol. The number of rotatable bonds is 4. The third-order valence-corrected chi connectivity index (χ3v) is 4.92. The average molecular weight is 316 g/mol. The van der Waals surface area contributed by atoms with Crippen LogP contribution in [-0.4, -0.2) is 35.0 Å². The minimum Gasteiger partial charge on any atom is -0.474 e. The Labute approximate surface area is 138 Å². The van der Waals surface area contributed by atoms with Gasteiger partial charge in [0.1, 0.15) is 6.10 Å². The van der Waals surface area contributed by atoms with Gasteiger partial charge in [0, 0.05) is 25.4 Å². The van der Waals surface area contributed by atoms with Crippen LogP contribution in [0, 0.1) is 5.92 Å². The molecule has 2 N–H and O–H groups in total. The number of pyridine rings is 1. The molecule has 3 rings (SSSR count). The van der Waals surface area contributed by atoms with Crippen molar-refractivity contribution in [3.63, 3.8) is 0 Å². The predicted octanol–water partition coefficient (Wildman–Crippen LogP) is 2.95. The summed E-state index contributed by atoms with van der Waals surface area (Å²) in [6, 6.07) is 3.98. The van der Waals surface area contributed by atoms with E-state index in [2.05, 4.69) is 21.8 Å². The zero-order valence-corrected chi connectivity index (χ0v) is 14.1. The topological polar surface area (TPSA) is 63.7 Å². The van der Waals surface area contributed by atoms with Gasteiger partial charge in [0.25, 0.3) is 0 Å². The van der Waals surface area contributed by atoms with Crippen LogP contribution in [0.3, 0.4) is 0 Å². The summed E-state index contributed by atoms with van der Waals surface area (Å²) in [5.74, 6) is 2.18. The number of hydrogen-bond donors (Lipinski definition) is 1. The van der Waals surface area contributed by atoms with Gasteiger partial charge in [-0.05, 0) is 56.1 Å². The van der Waals surface area contributed by atoms with Gasteiger partial charge in [0.2, 0.25) is 5.88 Å². The van der Waals surface area contributed by atoms with E-state index in [0.29, 0.717) is 18.6 Å². The van der Waals surface area contributed by atoms with Gasteiger partial charge in [0.15, 0.2) is 5.96 Å². The molecule has 0 radical (unpaired) electrons. The SMILES string of the molecule is CC1CCN(C(N)=NCc2ccnc(OC3CCCC3)c2)CC1. The Morgan fingerprint density at radius 2 is 2.04 bits per heavy atom. The summed E-state index contributed by atoms with van der Waals surface area (Å²) in [6.45, 7) is 4.92. The molecule has 1 saturated heterocycles. The van der Waals surface area contributed by atoms with E-state index in [4.69, 9.17) is 10.5 Å². The van der Waals surface area contributed by atoms with Crippen molar-refractivity contribution < 1.29 is 4.74 Å². The fourth-order valence-corrected chi connectivity index (χ4v) is 3.30. The van der Waals surface area contributed by atoms with Crippen molar-refractivity contribution in [2.45, 2.75) is 58.1 Å². The number of hydrogen-bond acceptors (Lipinski definition) is 3. The maximum Gasteiger partial charge on any atom is 0.213 e. The highest BCUT2D eigenvalue weighted by atomic mass is 16.5. The Balaban J connectivity index is 1.55. The van der Waals surface area contributed by atoms with Gasteiger partial charge in [-0.15, -0.1) is 0 Å². The molecule has 0 amide bonds. The summed E-state index contributed by atoms with van der Waals surface area (Å²) in [7, 11) is 0. The molecule has 0 aromatic carbocycles. The number of ether oxygens (including phenoxy) is 1. The number of nitrogens with zero attached hydrogens (tertiary/aromatic N) is 3. The highest BCUT2D eigenvalue weighted by Gasteiger charge is 2.18. The van der Waals surface area contributed by atoms with Crippen molar-refractivity contribution in [1.82, 2.24) is 9.88 Å². The van der Waals surface area contributed by atoms with E-state index in [9.17, 15) is 0 Å². The van der Waals surface area contributed by atoms with Gasteiger partial charge >= 0.3 is 0 Å². The smallest absolute Gasteiger partial charge is 0.213 e. The molecule has 0 unspecified atom stereocenters. The quantitative estimate of drug-likeness (QED) is 0.685. The molecule has 126 valence electrons. The maximum atomic E-state index is 6.14. The number of piperidine rings is 1. The van der Waals surface area contributed by atoms with Gasteiger partial charge in [-0.1, -0.05) is 6.92 Å². The lowest BCUT2D eigenvalue weighted by Gasteiger charge is -2.31. The minimum atomic E-state index is 0.335. The van der Waals surface area contributed by atoms with Crippen LogP contribution < -0.4 is 10.5 Å². The normalized spacial score (nSPS) is 20.9. The first-order chi connectivity index (χ1) is 11.2. The zero-order valence-electron chi connectivity index (χ0n) is 14.1. The molecule has 1 aromatic heterocycles. The third kappa shape index (κ3) is 4.60. The first kappa shape index (κ1) is 16.1. The van der Waals surface area contributed by atoms with E-state index >= 15 is 0 Å². The molecular weight excluding hydrogens is 288 g/mol. The molecule has 5 heteroatoms. The van der Waals surface area contributed by atoms with Crippen LogP contribution in [0.5, 0.6) is 5.88 Å². The second-order valence-corrected chi connectivity index (χ2v) is 6.87. The Kier molecular flexibility index (Phi) is 5.36. The molecule has 1 saturated carbocycles. The predicted molar refractivity (Wildman–Crippen MR) is 92.4 cm³/mol. The van der Waals surface area contributed by atoms with E-state index in [-0.39, 0.29) is 0 Å². The summed E-state index contributed by atoms with van der Waals surface area (Å²) in [4.78, 5) is 11.1. The number of nitrogens with two attached hydrogens (primary N) is 1. The van der Waals surface area contributed by atoms with E-state index in [1.807, 2.05) is 12.1 Å². The summed E-state index contributed by atoms with van der Waals surface area (Å²) in [6.07, 6.45) is 9.35. The molecule has 5 nitrogen and oxygen atoms in total. The fourth-order valence-electron chi connectivity index (χ4n) is 3.30. The molecule has 1 aliphatic heterocycles. The van der Waals surface area contributed by atoms with Crippen molar-refractivity contribution in [1.29, 1.82) is 0 Å². The molecule has 0 bridgehead atoms. The summed E-state index contributed by atoms with van der Waals surface area (Å²) in [5, 5.41) is 0. The van der Waals surface area contributed by atoms with E-state index in [1.54, 1.807) is 6.20 Å². The van der Waals surface area contributed by atoms with Crippen LogP contribution in [0.25, 0.3) is 0 Å². The first-order valence-electron chi connectivity index (χ1n) is 8.87. The van der Waals surface area contributed by atoms with Crippen LogP contribution in [0.2, 0.25) is 0 Å². The van der Waals surface area contributed by atoms with Crippen molar-refractivity contribution in [3.8, 4) is 5.88 Å². The summed E-state index contributed by atoms with van der Waals surface area (Å²) >= 11 is 0. The van der Waals surface area contributed by atoms with Crippen LogP contribution >= 0.6 is 0 Å². The minimum absolute atomic E-state index is 0.335. The lowest BCUT2D eigenvalue weighted by Crippen LogP contribution is -2.42. The number of guanidine groups is 1. The second kappa shape index (κ2) is 7.66. The van der Waals surface area contributed by atoms with Gasteiger partial charge < -0.3 is 15.4 Å². The van der Waals surface area contributed by atoms with Crippen molar-refractivity contribution >= 4 is 5.96 Å². The third-order valence-electron chi connectivity index (χ3n) is 4.92. The molecule has 0 atom stereocenters. The maximum absolute atomic E-state index is 6.14. The number of likely N-dealkylation sites (tertiary alicyclic amines) is 1. The highest BCUT2D eigenvalue weighted by molar-refractivity contribution is 5.78. The van der Waals surface area contributed by atoms with Crippen LogP contribution in [0.1, 0.15) is 51.0 Å². The number of aromatic nitrogens is 1. The lowest BCUT2D eigenvalue weighted by atomic mass is 10.00. The molecular formula is C18H28N4O. The lowest BCUT2D eigenvalue weighted by molar-refractivity contribution is 0.201. The Morgan fingerprint density at radius 1 is 1.30 bits per heavy atom. The Bertz CT molecular complexity index is 532. The van der Waals surface area contributed by atoms with Gasteiger partial charge in [-0.3, -0.25) is 0 Å². The summed E-state index contributed by atoms with van der Waals surface area (Å²) < 4.78 is 5.95. The molecule has 1 aromatic rings. The van der Waals surface area contributed by atoms with Gasteiger partial charge in [0.05, 0.1) is 6.54 Å². The Hall–Kier alpha value is -1.78. The van der Waals surface area contributed by atoms with Gasteiger partial charge in [-0.2, -0.15) is 0 Å². The van der Waals surface area contributed by atoms with E-state index in [1.165, 1.54) is 25.7 Å². The largest absolute Gasteiger partial charge is 0.474 e. The molecule has 1 aliphatic carbocycles. The molecule has 2 aliphatic rings. The second-order valence-electron chi connectivity index (χ2n) is 6.87. The van der Waals surface area contributed by atoms with Crippen molar-refractivity contribution in [3.05, 3.63) is 23.9 Å². The van der Waals surface area contributed by atoms with E-state index in [0.717, 1.165) is 43.3 Å². The molecule has 2 fully saturated rings. The van der Waals surface area contributed by atoms with Crippen molar-refractivity contribution in [2.75, 3.05) is 13.1 Å².